The van der Waals surface area contributed by atoms with Gasteiger partial charge < -0.3 is 15.7 Å². The van der Waals surface area contributed by atoms with Gasteiger partial charge in [-0.3, -0.25) is 19.7 Å². The number of nitro groups is 1. The van der Waals surface area contributed by atoms with Gasteiger partial charge in [0.2, 0.25) is 0 Å². The third-order valence-electron chi connectivity index (χ3n) is 3.89. The highest BCUT2D eigenvalue weighted by atomic mass is 16.6. The number of hydrogen-bond acceptors (Lipinski definition) is 5. The van der Waals surface area contributed by atoms with Crippen molar-refractivity contribution in [2.24, 2.45) is 5.92 Å². The van der Waals surface area contributed by atoms with Crippen LogP contribution in [0.5, 0.6) is 0 Å². The van der Waals surface area contributed by atoms with Crippen LogP contribution < -0.4 is 10.6 Å². The van der Waals surface area contributed by atoms with Crippen molar-refractivity contribution in [2.45, 2.75) is 38.8 Å². The topological polar surface area (TPSA) is 122 Å². The molecule has 0 radical (unpaired) electrons. The van der Waals surface area contributed by atoms with Gasteiger partial charge in [-0.05, 0) is 38.8 Å². The first-order chi connectivity index (χ1) is 10.8. The average Bonchev–Trinajstić information content (AvgIpc) is 3.30. The number of carbonyl (C=O) groups is 2. The molecular formula is C15H19N3O5. The second-order valence-corrected chi connectivity index (χ2v) is 5.80. The fourth-order valence-electron chi connectivity index (χ4n) is 2.02. The van der Waals surface area contributed by atoms with E-state index in [1.165, 1.54) is 25.1 Å². The van der Waals surface area contributed by atoms with Crippen molar-refractivity contribution >= 4 is 23.3 Å². The van der Waals surface area contributed by atoms with Crippen LogP contribution >= 0.6 is 0 Å². The van der Waals surface area contributed by atoms with Crippen LogP contribution in [0.4, 0.5) is 11.4 Å². The van der Waals surface area contributed by atoms with Gasteiger partial charge in [-0.25, -0.2) is 0 Å². The van der Waals surface area contributed by atoms with Crippen LogP contribution in [0, 0.1) is 16.0 Å². The van der Waals surface area contributed by atoms with Crippen molar-refractivity contribution in [3.05, 3.63) is 33.9 Å². The smallest absolute Gasteiger partial charge is 0.308 e. The number of rotatable bonds is 7. The highest BCUT2D eigenvalue weighted by Crippen LogP contribution is 2.31. The number of nitrogens with zero attached hydrogens (tertiary/aromatic N) is 1. The number of amides is 1. The fourth-order valence-corrected chi connectivity index (χ4v) is 2.02. The molecule has 1 amide bonds. The first-order valence-electron chi connectivity index (χ1n) is 7.38. The third kappa shape index (κ3) is 4.18. The number of carboxylic acid groups (broad SMARTS) is 1. The maximum Gasteiger partial charge on any atom is 0.308 e. The molecule has 1 saturated carbocycles. The normalized spacial score (nSPS) is 16.3. The molecule has 1 aliphatic carbocycles. The Balaban J connectivity index is 2.15. The van der Waals surface area contributed by atoms with Crippen molar-refractivity contribution in [3.63, 3.8) is 0 Å². The summed E-state index contributed by atoms with van der Waals surface area (Å²) in [4.78, 5) is 33.7. The van der Waals surface area contributed by atoms with Crippen LogP contribution in [0.3, 0.4) is 0 Å². The van der Waals surface area contributed by atoms with E-state index in [0.29, 0.717) is 5.69 Å². The van der Waals surface area contributed by atoms with E-state index >= 15 is 0 Å². The van der Waals surface area contributed by atoms with Gasteiger partial charge in [0.15, 0.2) is 0 Å². The Hall–Kier alpha value is -2.64. The van der Waals surface area contributed by atoms with Crippen molar-refractivity contribution in [3.8, 4) is 0 Å². The molecule has 8 nitrogen and oxygen atoms in total. The van der Waals surface area contributed by atoms with E-state index in [2.05, 4.69) is 10.6 Å². The molecule has 0 heterocycles. The monoisotopic (exact) mass is 321 g/mol. The van der Waals surface area contributed by atoms with Gasteiger partial charge in [-0.15, -0.1) is 0 Å². The molecule has 2 unspecified atom stereocenters. The minimum Gasteiger partial charge on any atom is -0.481 e. The van der Waals surface area contributed by atoms with E-state index in [9.17, 15) is 19.7 Å². The molecule has 2 atom stereocenters. The number of aliphatic carboxylic acids is 1. The molecule has 2 rings (SSSR count). The Morgan fingerprint density at radius 3 is 2.52 bits per heavy atom. The van der Waals surface area contributed by atoms with E-state index in [0.717, 1.165) is 12.8 Å². The Bertz CT molecular complexity index is 642. The van der Waals surface area contributed by atoms with E-state index in [1.807, 2.05) is 0 Å². The summed E-state index contributed by atoms with van der Waals surface area (Å²) >= 11 is 0. The predicted molar refractivity (Wildman–Crippen MR) is 83.5 cm³/mol. The first kappa shape index (κ1) is 16.7. The molecule has 1 aliphatic rings. The predicted octanol–water partition coefficient (Wildman–Crippen LogP) is 2.01. The van der Waals surface area contributed by atoms with Gasteiger partial charge in [0, 0.05) is 23.7 Å². The summed E-state index contributed by atoms with van der Waals surface area (Å²) in [6.45, 7) is 3.06. The zero-order valence-corrected chi connectivity index (χ0v) is 12.9. The highest BCUT2D eigenvalue weighted by molar-refractivity contribution is 5.96. The number of carbonyl (C=O) groups excluding carboxylic acids is 1. The van der Waals surface area contributed by atoms with Crippen molar-refractivity contribution in [1.29, 1.82) is 0 Å². The van der Waals surface area contributed by atoms with Crippen LogP contribution in [0.15, 0.2) is 18.2 Å². The molecule has 3 N–H and O–H groups in total. The Labute approximate surface area is 133 Å². The first-order valence-corrected chi connectivity index (χ1v) is 7.38. The van der Waals surface area contributed by atoms with Crippen LogP contribution in [-0.2, 0) is 4.79 Å². The zero-order valence-electron chi connectivity index (χ0n) is 12.9. The molecule has 1 aromatic rings. The summed E-state index contributed by atoms with van der Waals surface area (Å²) < 4.78 is 0. The number of benzene rings is 1. The van der Waals surface area contributed by atoms with Gasteiger partial charge in [0.25, 0.3) is 11.6 Å². The van der Waals surface area contributed by atoms with Crippen molar-refractivity contribution < 1.29 is 19.6 Å². The lowest BCUT2D eigenvalue weighted by Crippen LogP contribution is -2.40. The van der Waals surface area contributed by atoms with E-state index in [-0.39, 0.29) is 17.3 Å². The summed E-state index contributed by atoms with van der Waals surface area (Å²) in [7, 11) is 0. The zero-order chi connectivity index (χ0) is 17.1. The van der Waals surface area contributed by atoms with Gasteiger partial charge in [-0.1, -0.05) is 0 Å². The number of hydrogen-bond donors (Lipinski definition) is 3. The molecule has 23 heavy (non-hydrogen) atoms. The van der Waals surface area contributed by atoms with Gasteiger partial charge in [0.1, 0.15) is 5.69 Å². The number of carboxylic acids is 1. The van der Waals surface area contributed by atoms with Gasteiger partial charge >= 0.3 is 5.97 Å². The molecule has 0 aliphatic heterocycles. The summed E-state index contributed by atoms with van der Waals surface area (Å²) in [5.41, 5.74) is 0.354. The Kier molecular flexibility index (Phi) is 4.83. The second kappa shape index (κ2) is 6.64. The van der Waals surface area contributed by atoms with Crippen molar-refractivity contribution in [1.82, 2.24) is 5.32 Å². The third-order valence-corrected chi connectivity index (χ3v) is 3.89. The Morgan fingerprint density at radius 1 is 1.35 bits per heavy atom. The minimum absolute atomic E-state index is 0.127. The van der Waals surface area contributed by atoms with Gasteiger partial charge in [-0.2, -0.15) is 0 Å². The summed E-state index contributed by atoms with van der Waals surface area (Å²) in [5.74, 6) is -2.32. The van der Waals surface area contributed by atoms with E-state index in [1.54, 1.807) is 6.92 Å². The Morgan fingerprint density at radius 2 is 2.00 bits per heavy atom. The van der Waals surface area contributed by atoms with Gasteiger partial charge in [0.05, 0.1) is 10.8 Å². The lowest BCUT2D eigenvalue weighted by molar-refractivity contribution is -0.384. The second-order valence-electron chi connectivity index (χ2n) is 5.80. The molecular weight excluding hydrogens is 302 g/mol. The number of nitrogens with one attached hydrogen (secondary N) is 2. The average molecular weight is 321 g/mol. The lowest BCUT2D eigenvalue weighted by Gasteiger charge is -2.17. The molecule has 8 heteroatoms. The van der Waals surface area contributed by atoms with Crippen LogP contribution in [0.2, 0.25) is 0 Å². The molecule has 0 aromatic heterocycles. The van der Waals surface area contributed by atoms with Crippen LogP contribution in [0.25, 0.3) is 0 Å². The maximum atomic E-state index is 12.2. The van der Waals surface area contributed by atoms with Crippen LogP contribution in [-0.4, -0.2) is 34.0 Å². The SMILES string of the molecule is CC(NC(=O)c1ccc(NC2CC2)c([N+](=O)[O-])c1)C(C)C(=O)O. The molecule has 124 valence electrons. The largest absolute Gasteiger partial charge is 0.481 e. The summed E-state index contributed by atoms with van der Waals surface area (Å²) in [6, 6.07) is 3.87. The molecule has 1 aromatic carbocycles. The van der Waals surface area contributed by atoms with E-state index in [4.69, 9.17) is 5.11 Å². The standard InChI is InChI=1S/C15H19N3O5/c1-8(15(20)21)9(2)16-14(19)10-3-6-12(17-11-4-5-11)13(7-10)18(22)23/h3,6-9,11,17H,4-5H2,1-2H3,(H,16,19)(H,20,21). The van der Waals surface area contributed by atoms with Crippen LogP contribution in [0.1, 0.15) is 37.0 Å². The fraction of sp³-hybridized carbons (Fsp3) is 0.467. The molecule has 0 bridgehead atoms. The summed E-state index contributed by atoms with van der Waals surface area (Å²) in [6.07, 6.45) is 1.95. The van der Waals surface area contributed by atoms with E-state index < -0.39 is 28.8 Å². The quantitative estimate of drug-likeness (QED) is 0.521. The summed E-state index contributed by atoms with van der Waals surface area (Å²) in [5, 5.41) is 25.7. The highest BCUT2D eigenvalue weighted by Gasteiger charge is 2.26. The lowest BCUT2D eigenvalue weighted by atomic mass is 10.0. The number of nitro benzene ring substituents is 1. The molecule has 1 fully saturated rings. The molecule has 0 spiro atoms. The van der Waals surface area contributed by atoms with Crippen molar-refractivity contribution in [2.75, 3.05) is 5.32 Å². The maximum absolute atomic E-state index is 12.2. The molecule has 0 saturated heterocycles. The minimum atomic E-state index is -1.02. The number of anilines is 1.